The van der Waals surface area contributed by atoms with Crippen LogP contribution in [0.4, 0.5) is 0 Å². The van der Waals surface area contributed by atoms with E-state index in [1.165, 1.54) is 0 Å². The van der Waals surface area contributed by atoms with Crippen molar-refractivity contribution in [1.29, 1.82) is 0 Å². The lowest BCUT2D eigenvalue weighted by Gasteiger charge is -2.04. The molecule has 0 spiro atoms. The second-order valence-electron chi connectivity index (χ2n) is 2.33. The predicted molar refractivity (Wildman–Crippen MR) is 46.4 cm³/mol. The Morgan fingerprint density at radius 1 is 1.00 bits per heavy atom. The zero-order chi connectivity index (χ0) is 9.07. The first-order chi connectivity index (χ1) is 5.91. The van der Waals surface area contributed by atoms with E-state index in [9.17, 15) is 0 Å². The molecule has 0 aliphatic heterocycles. The summed E-state index contributed by atoms with van der Waals surface area (Å²) in [6.45, 7) is 6.56. The van der Waals surface area contributed by atoms with Crippen LogP contribution in [0, 0.1) is 0 Å². The molecule has 0 aromatic heterocycles. The monoisotopic (exact) mass is 177 g/mol. The maximum absolute atomic E-state index is 5.23. The number of unbranched alkanes of at least 4 members (excludes halogenated alkanes) is 1. The lowest BCUT2D eigenvalue weighted by atomic mass is 10.4. The summed E-state index contributed by atoms with van der Waals surface area (Å²) in [6, 6.07) is 0. The molecular formula is C8H19NO3. The Bertz CT molecular complexity index is 70.7. The molecule has 0 amide bonds. The highest BCUT2D eigenvalue weighted by Gasteiger charge is 1.88. The van der Waals surface area contributed by atoms with Gasteiger partial charge in [0, 0.05) is 6.61 Å². The van der Waals surface area contributed by atoms with Gasteiger partial charge in [-0.3, -0.25) is 9.68 Å². The molecule has 4 nitrogen and oxygen atoms in total. The molecule has 12 heavy (non-hydrogen) atoms. The summed E-state index contributed by atoms with van der Waals surface area (Å²) >= 11 is 0. The van der Waals surface area contributed by atoms with Gasteiger partial charge in [-0.25, -0.2) is 0 Å². The lowest BCUT2D eigenvalue weighted by molar-refractivity contribution is -0.174. The standard InChI is InChI=1S/C8H19NO3/c1-3-5-6-10-7-8-12-9-11-4-2/h9H,3-8H2,1-2H3. The van der Waals surface area contributed by atoms with Crippen molar-refractivity contribution in [2.75, 3.05) is 26.4 Å². The average molecular weight is 177 g/mol. The highest BCUT2D eigenvalue weighted by molar-refractivity contribution is 4.31. The smallest absolute Gasteiger partial charge is 0.0942 e. The molecular weight excluding hydrogens is 158 g/mol. The quantitative estimate of drug-likeness (QED) is 0.425. The zero-order valence-electron chi connectivity index (χ0n) is 7.97. The molecule has 0 saturated heterocycles. The summed E-state index contributed by atoms with van der Waals surface area (Å²) in [5, 5.41) is 0. The molecule has 0 aliphatic carbocycles. The molecule has 0 heterocycles. The molecule has 0 aliphatic rings. The van der Waals surface area contributed by atoms with E-state index in [1.54, 1.807) is 0 Å². The predicted octanol–water partition coefficient (Wildman–Crippen LogP) is 1.28. The van der Waals surface area contributed by atoms with Crippen LogP contribution in [0.2, 0.25) is 0 Å². The van der Waals surface area contributed by atoms with E-state index in [4.69, 9.17) is 14.4 Å². The maximum Gasteiger partial charge on any atom is 0.0942 e. The first kappa shape index (κ1) is 11.8. The van der Waals surface area contributed by atoms with Crippen LogP contribution in [-0.2, 0) is 14.4 Å². The van der Waals surface area contributed by atoms with Crippen LogP contribution >= 0.6 is 0 Å². The van der Waals surface area contributed by atoms with Gasteiger partial charge >= 0.3 is 0 Å². The summed E-state index contributed by atoms with van der Waals surface area (Å²) in [6.07, 6.45) is 2.27. The van der Waals surface area contributed by atoms with Crippen molar-refractivity contribution in [3.63, 3.8) is 0 Å². The third-order valence-electron chi connectivity index (χ3n) is 1.23. The molecule has 1 N–H and O–H groups in total. The highest BCUT2D eigenvalue weighted by Crippen LogP contribution is 1.86. The van der Waals surface area contributed by atoms with Crippen molar-refractivity contribution in [2.45, 2.75) is 26.7 Å². The van der Waals surface area contributed by atoms with E-state index in [2.05, 4.69) is 12.6 Å². The minimum absolute atomic E-state index is 0.518. The van der Waals surface area contributed by atoms with Gasteiger partial charge < -0.3 is 4.74 Å². The van der Waals surface area contributed by atoms with E-state index >= 15 is 0 Å². The zero-order valence-corrected chi connectivity index (χ0v) is 7.97. The average Bonchev–Trinajstić information content (AvgIpc) is 2.10. The number of nitrogens with one attached hydrogen (secondary N) is 1. The fourth-order valence-corrected chi connectivity index (χ4v) is 0.591. The van der Waals surface area contributed by atoms with Crippen LogP contribution in [0.5, 0.6) is 0 Å². The van der Waals surface area contributed by atoms with E-state index < -0.39 is 0 Å². The maximum atomic E-state index is 5.23. The second-order valence-corrected chi connectivity index (χ2v) is 2.33. The molecule has 0 radical (unpaired) electrons. The van der Waals surface area contributed by atoms with Crippen molar-refractivity contribution >= 4 is 0 Å². The molecule has 0 aromatic carbocycles. The molecule has 0 atom stereocenters. The Hall–Kier alpha value is -0.160. The third-order valence-corrected chi connectivity index (χ3v) is 1.23. The summed E-state index contributed by atoms with van der Waals surface area (Å²) in [5.41, 5.74) is 2.35. The lowest BCUT2D eigenvalue weighted by Crippen LogP contribution is -2.18. The topological polar surface area (TPSA) is 39.7 Å². The van der Waals surface area contributed by atoms with Gasteiger partial charge in [0.1, 0.15) is 0 Å². The fraction of sp³-hybridized carbons (Fsp3) is 1.00. The van der Waals surface area contributed by atoms with Crippen LogP contribution in [-0.4, -0.2) is 26.4 Å². The number of ether oxygens (including phenoxy) is 1. The highest BCUT2D eigenvalue weighted by atomic mass is 16.9. The Kier molecular flexibility index (Phi) is 10.7. The SMILES string of the molecule is CCCCOCCONOCC. The number of hydrogen-bond donors (Lipinski definition) is 1. The Labute approximate surface area is 74.1 Å². The van der Waals surface area contributed by atoms with Crippen molar-refractivity contribution in [1.82, 2.24) is 5.64 Å². The van der Waals surface area contributed by atoms with Crippen molar-refractivity contribution < 1.29 is 14.4 Å². The van der Waals surface area contributed by atoms with Gasteiger partial charge in [0.05, 0.1) is 19.8 Å². The summed E-state index contributed by atoms with van der Waals surface area (Å²) in [4.78, 5) is 9.59. The molecule has 0 fully saturated rings. The van der Waals surface area contributed by atoms with Crippen LogP contribution in [0.25, 0.3) is 0 Å². The normalized spacial score (nSPS) is 10.5. The van der Waals surface area contributed by atoms with E-state index in [0.29, 0.717) is 19.8 Å². The minimum Gasteiger partial charge on any atom is -0.379 e. The van der Waals surface area contributed by atoms with Gasteiger partial charge in [0.25, 0.3) is 0 Å². The third kappa shape index (κ3) is 9.84. The van der Waals surface area contributed by atoms with Crippen LogP contribution in [0.15, 0.2) is 0 Å². The first-order valence-electron chi connectivity index (χ1n) is 4.48. The molecule has 4 heteroatoms. The molecule has 0 unspecified atom stereocenters. The van der Waals surface area contributed by atoms with E-state index in [0.717, 1.165) is 19.4 Å². The Morgan fingerprint density at radius 3 is 2.50 bits per heavy atom. The van der Waals surface area contributed by atoms with Gasteiger partial charge in [0.15, 0.2) is 0 Å². The summed E-state index contributed by atoms with van der Waals surface area (Å²) in [7, 11) is 0. The van der Waals surface area contributed by atoms with Crippen molar-refractivity contribution in [2.24, 2.45) is 0 Å². The van der Waals surface area contributed by atoms with Crippen LogP contribution < -0.4 is 5.64 Å². The minimum atomic E-state index is 0.518. The summed E-state index contributed by atoms with van der Waals surface area (Å²) in [5.74, 6) is 0. The van der Waals surface area contributed by atoms with Gasteiger partial charge in [-0.05, 0) is 13.3 Å². The van der Waals surface area contributed by atoms with Crippen LogP contribution in [0.3, 0.4) is 0 Å². The molecule has 0 rings (SSSR count). The van der Waals surface area contributed by atoms with E-state index in [-0.39, 0.29) is 0 Å². The van der Waals surface area contributed by atoms with Crippen LogP contribution in [0.1, 0.15) is 26.7 Å². The van der Waals surface area contributed by atoms with Crippen molar-refractivity contribution in [3.8, 4) is 0 Å². The van der Waals surface area contributed by atoms with Gasteiger partial charge in [-0.1, -0.05) is 19.0 Å². The van der Waals surface area contributed by atoms with E-state index in [1.807, 2.05) is 6.92 Å². The van der Waals surface area contributed by atoms with Crippen molar-refractivity contribution in [3.05, 3.63) is 0 Å². The Morgan fingerprint density at radius 2 is 1.83 bits per heavy atom. The first-order valence-corrected chi connectivity index (χ1v) is 4.48. The molecule has 0 bridgehead atoms. The van der Waals surface area contributed by atoms with Gasteiger partial charge in [-0.15, -0.1) is 0 Å². The molecule has 0 aromatic rings. The van der Waals surface area contributed by atoms with Gasteiger partial charge in [-0.2, -0.15) is 0 Å². The second kappa shape index (κ2) is 10.8. The van der Waals surface area contributed by atoms with Gasteiger partial charge in [0.2, 0.25) is 0 Å². The Balaban J connectivity index is 2.73. The summed E-state index contributed by atoms with van der Waals surface area (Å²) < 4.78 is 5.23. The number of hydrogen-bond acceptors (Lipinski definition) is 4. The molecule has 0 saturated carbocycles. The largest absolute Gasteiger partial charge is 0.379 e. The fourth-order valence-electron chi connectivity index (χ4n) is 0.591. The molecule has 74 valence electrons. The number of rotatable bonds is 9.